The molecule has 0 aliphatic carbocycles. The molecule has 0 bridgehead atoms. The number of hydrogen-bond acceptors (Lipinski definition) is 4. The Morgan fingerprint density at radius 1 is 0.278 bits per heavy atom. The quantitative estimate of drug-likeness (QED) is 0.160. The van der Waals surface area contributed by atoms with Gasteiger partial charge in [0.1, 0.15) is 5.69 Å². The molecule has 11 aromatic carbocycles. The lowest BCUT2D eigenvalue weighted by Crippen LogP contribution is -2.20. The van der Waals surface area contributed by atoms with Gasteiger partial charge in [-0.25, -0.2) is 0 Å². The molecule has 2 aromatic heterocycles. The van der Waals surface area contributed by atoms with Gasteiger partial charge in [-0.1, -0.05) is 127 Å². The molecule has 13 aromatic rings. The largest absolute Gasteiger partial charge is 0.453 e. The highest BCUT2D eigenvalue weighted by molar-refractivity contribution is 6.13. The molecule has 0 N–H and O–H groups in total. The SMILES string of the molecule is c1ccc(-c2ccc3c(c2)c2cc(-c4ccc5c(c4)c4ccccc4n5-c4ccc(N(c5ccccc5)c5ccccc5)cc4)ccc2n3-c2cc3c4c(c2)Oc2ccccc2N4c2ccccc2O3)cc1. The summed E-state index contributed by atoms with van der Waals surface area (Å²) in [4.78, 5) is 4.57. The molecule has 72 heavy (non-hydrogen) atoms. The van der Waals surface area contributed by atoms with Crippen molar-refractivity contribution in [1.82, 2.24) is 9.13 Å². The molecule has 338 valence electrons. The fourth-order valence-electron chi connectivity index (χ4n) is 11.2. The van der Waals surface area contributed by atoms with Crippen LogP contribution in [0.4, 0.5) is 34.1 Å². The van der Waals surface area contributed by atoms with Gasteiger partial charge in [-0.2, -0.15) is 0 Å². The summed E-state index contributed by atoms with van der Waals surface area (Å²) in [6, 6.07) is 90.9. The summed E-state index contributed by atoms with van der Waals surface area (Å²) in [7, 11) is 0. The van der Waals surface area contributed by atoms with E-state index >= 15 is 0 Å². The second kappa shape index (κ2) is 15.9. The Balaban J connectivity index is 0.871. The molecule has 6 nitrogen and oxygen atoms in total. The first-order valence-electron chi connectivity index (χ1n) is 24.4. The maximum absolute atomic E-state index is 6.76. The summed E-state index contributed by atoms with van der Waals surface area (Å²) in [6.07, 6.45) is 0. The molecule has 6 heteroatoms. The first-order valence-corrected chi connectivity index (χ1v) is 24.4. The minimum absolute atomic E-state index is 0.743. The standard InChI is InChI=1S/C66H42N4O2/c1-4-16-43(17-5-1)44-28-35-58-54(38-44)55-40-46(30-37-59(55)69(58)51-41-64-66-65(42-51)72-63-27-15-13-25-61(63)70(66)60-24-12-14-26-62(60)71-64)45-29-36-57-53(39-45)52-22-10-11-23-56(52)68(57)50-33-31-49(32-34-50)67(47-18-6-2-7-19-47)48-20-8-3-9-21-48/h1-42H. The number of hydrogen-bond donors (Lipinski definition) is 0. The molecule has 2 aliphatic heterocycles. The van der Waals surface area contributed by atoms with E-state index in [1.807, 2.05) is 24.3 Å². The van der Waals surface area contributed by atoms with Crippen LogP contribution in [-0.2, 0) is 0 Å². The minimum atomic E-state index is 0.743. The van der Waals surface area contributed by atoms with E-state index in [4.69, 9.17) is 9.47 Å². The number of fused-ring (bicyclic) bond motifs is 10. The van der Waals surface area contributed by atoms with Crippen molar-refractivity contribution in [2.45, 2.75) is 0 Å². The summed E-state index contributed by atoms with van der Waals surface area (Å²) in [5, 5.41) is 4.74. The van der Waals surface area contributed by atoms with E-state index in [0.717, 1.165) is 107 Å². The van der Waals surface area contributed by atoms with Gasteiger partial charge in [0.25, 0.3) is 0 Å². The van der Waals surface area contributed by atoms with Crippen LogP contribution < -0.4 is 19.3 Å². The topological polar surface area (TPSA) is 34.8 Å². The molecule has 0 saturated heterocycles. The molecule has 0 radical (unpaired) electrons. The number of para-hydroxylation sites is 7. The van der Waals surface area contributed by atoms with Crippen LogP contribution in [0.3, 0.4) is 0 Å². The van der Waals surface area contributed by atoms with Crippen LogP contribution in [0.25, 0.3) is 77.2 Å². The lowest BCUT2D eigenvalue weighted by Gasteiger charge is -2.38. The number of rotatable bonds is 7. The lowest BCUT2D eigenvalue weighted by atomic mass is 9.99. The first kappa shape index (κ1) is 40.1. The van der Waals surface area contributed by atoms with Crippen LogP contribution in [0.15, 0.2) is 255 Å². The fourth-order valence-corrected chi connectivity index (χ4v) is 11.2. The summed E-state index contributed by atoms with van der Waals surface area (Å²) in [6.45, 7) is 0. The van der Waals surface area contributed by atoms with Gasteiger partial charge in [0, 0.05) is 56.4 Å². The average molecular weight is 923 g/mol. The molecule has 0 fully saturated rings. The van der Waals surface area contributed by atoms with E-state index in [9.17, 15) is 0 Å². The maximum atomic E-state index is 6.76. The van der Waals surface area contributed by atoms with E-state index in [1.54, 1.807) is 0 Å². The van der Waals surface area contributed by atoms with Gasteiger partial charge in [-0.3, -0.25) is 4.90 Å². The van der Waals surface area contributed by atoms with E-state index in [-0.39, 0.29) is 0 Å². The number of nitrogens with zero attached hydrogens (tertiary/aromatic N) is 4. The number of anilines is 6. The van der Waals surface area contributed by atoms with E-state index < -0.39 is 0 Å². The summed E-state index contributed by atoms with van der Waals surface area (Å²) < 4.78 is 18.3. The Labute approximate surface area is 415 Å². The van der Waals surface area contributed by atoms with Gasteiger partial charge in [-0.15, -0.1) is 0 Å². The molecular formula is C66H42N4O2. The van der Waals surface area contributed by atoms with Gasteiger partial charge in [0.15, 0.2) is 23.0 Å². The average Bonchev–Trinajstić information content (AvgIpc) is 3.96. The molecule has 4 heterocycles. The molecule has 0 spiro atoms. The van der Waals surface area contributed by atoms with E-state index in [1.165, 1.54) is 27.4 Å². The predicted molar refractivity (Wildman–Crippen MR) is 296 cm³/mol. The lowest BCUT2D eigenvalue weighted by molar-refractivity contribution is 0.445. The third-order valence-electron chi connectivity index (χ3n) is 14.4. The summed E-state index contributed by atoms with van der Waals surface area (Å²) in [5.74, 6) is 3.09. The Bertz CT molecular complexity index is 4160. The van der Waals surface area contributed by atoms with Crippen molar-refractivity contribution in [3.63, 3.8) is 0 Å². The van der Waals surface area contributed by atoms with Crippen LogP contribution in [0.5, 0.6) is 23.0 Å². The highest BCUT2D eigenvalue weighted by Gasteiger charge is 2.35. The second-order valence-corrected chi connectivity index (χ2v) is 18.5. The van der Waals surface area contributed by atoms with E-state index in [2.05, 4.69) is 249 Å². The van der Waals surface area contributed by atoms with Crippen LogP contribution >= 0.6 is 0 Å². The number of ether oxygens (including phenoxy) is 2. The van der Waals surface area contributed by atoms with Crippen molar-refractivity contribution in [2.75, 3.05) is 9.80 Å². The first-order chi connectivity index (χ1) is 35.7. The van der Waals surface area contributed by atoms with Crippen molar-refractivity contribution in [3.8, 4) is 56.6 Å². The molecular weight excluding hydrogens is 881 g/mol. The van der Waals surface area contributed by atoms with Crippen LogP contribution in [0.1, 0.15) is 0 Å². The monoisotopic (exact) mass is 922 g/mol. The second-order valence-electron chi connectivity index (χ2n) is 18.5. The fraction of sp³-hybridized carbons (Fsp3) is 0. The molecule has 0 unspecified atom stereocenters. The van der Waals surface area contributed by atoms with Gasteiger partial charge in [0.05, 0.1) is 39.1 Å². The molecule has 0 saturated carbocycles. The van der Waals surface area contributed by atoms with Gasteiger partial charge >= 0.3 is 0 Å². The Morgan fingerprint density at radius 3 is 1.25 bits per heavy atom. The number of aromatic nitrogens is 2. The molecule has 15 rings (SSSR count). The van der Waals surface area contributed by atoms with Gasteiger partial charge in [0.2, 0.25) is 0 Å². The minimum Gasteiger partial charge on any atom is -0.453 e. The Morgan fingerprint density at radius 2 is 0.694 bits per heavy atom. The summed E-state index contributed by atoms with van der Waals surface area (Å²) >= 11 is 0. The van der Waals surface area contributed by atoms with E-state index in [0.29, 0.717) is 0 Å². The normalized spacial score (nSPS) is 12.4. The Hall–Kier alpha value is -9.78. The number of benzene rings is 11. The third kappa shape index (κ3) is 6.22. The van der Waals surface area contributed by atoms with Crippen molar-refractivity contribution in [1.29, 1.82) is 0 Å². The maximum Gasteiger partial charge on any atom is 0.157 e. The zero-order valence-electron chi connectivity index (χ0n) is 38.9. The van der Waals surface area contributed by atoms with Crippen LogP contribution in [-0.4, -0.2) is 9.13 Å². The molecule has 0 amide bonds. The summed E-state index contributed by atoms with van der Waals surface area (Å²) in [5.41, 5.74) is 17.4. The van der Waals surface area contributed by atoms with Gasteiger partial charge < -0.3 is 23.5 Å². The third-order valence-corrected chi connectivity index (χ3v) is 14.4. The van der Waals surface area contributed by atoms with Crippen molar-refractivity contribution in [3.05, 3.63) is 255 Å². The van der Waals surface area contributed by atoms with Crippen LogP contribution in [0.2, 0.25) is 0 Å². The highest BCUT2D eigenvalue weighted by atomic mass is 16.5. The zero-order valence-corrected chi connectivity index (χ0v) is 38.9. The smallest absolute Gasteiger partial charge is 0.157 e. The zero-order chi connectivity index (χ0) is 47.3. The van der Waals surface area contributed by atoms with Gasteiger partial charge in [-0.05, 0) is 138 Å². The highest BCUT2D eigenvalue weighted by Crippen LogP contribution is 2.60. The predicted octanol–water partition coefficient (Wildman–Crippen LogP) is 18.4. The molecule has 2 aliphatic rings. The van der Waals surface area contributed by atoms with Crippen molar-refractivity contribution >= 4 is 77.7 Å². The molecule has 0 atom stereocenters. The Kier molecular flexibility index (Phi) is 8.86. The van der Waals surface area contributed by atoms with Crippen molar-refractivity contribution < 1.29 is 9.47 Å². The van der Waals surface area contributed by atoms with Crippen molar-refractivity contribution in [2.24, 2.45) is 0 Å². The van der Waals surface area contributed by atoms with Crippen LogP contribution in [0, 0.1) is 0 Å².